The maximum Gasteiger partial charge on any atom is 0.273 e. The van der Waals surface area contributed by atoms with Crippen LogP contribution in [0.2, 0.25) is 0 Å². The number of amides is 1. The Morgan fingerprint density at radius 1 is 1.30 bits per heavy atom. The number of aromatic nitrogens is 4. The largest absolute Gasteiger partial charge is 0.355 e. The van der Waals surface area contributed by atoms with Crippen LogP contribution in [0.1, 0.15) is 22.5 Å². The maximum absolute atomic E-state index is 12.0. The molecule has 0 aliphatic carbocycles. The van der Waals surface area contributed by atoms with Gasteiger partial charge in [-0.05, 0) is 13.3 Å². The summed E-state index contributed by atoms with van der Waals surface area (Å²) in [4.78, 5) is 12.0. The smallest absolute Gasteiger partial charge is 0.273 e. The molecule has 118 valence electrons. The van der Waals surface area contributed by atoms with Crippen LogP contribution in [0, 0.1) is 6.92 Å². The van der Waals surface area contributed by atoms with Gasteiger partial charge in [0.05, 0.1) is 6.20 Å². The van der Waals surface area contributed by atoms with Crippen molar-refractivity contribution in [3.05, 3.63) is 54.0 Å². The molecule has 0 atom stereocenters. The molecule has 0 fully saturated rings. The molecule has 0 bridgehead atoms. The summed E-state index contributed by atoms with van der Waals surface area (Å²) in [6.07, 6.45) is 4.17. The fraction of sp³-hybridized carbons (Fsp3) is 0.250. The lowest BCUT2D eigenvalue weighted by Gasteiger charge is -2.02. The molecular weight excluding hydrogens is 294 g/mol. The van der Waals surface area contributed by atoms with E-state index < -0.39 is 0 Å². The highest BCUT2D eigenvalue weighted by molar-refractivity contribution is 5.93. The van der Waals surface area contributed by atoms with Crippen LogP contribution >= 0.6 is 0 Å². The second-order valence-corrected chi connectivity index (χ2v) is 5.22. The van der Waals surface area contributed by atoms with Gasteiger partial charge in [0, 0.05) is 30.9 Å². The summed E-state index contributed by atoms with van der Waals surface area (Å²) < 4.78 is 6.96. The van der Waals surface area contributed by atoms with Crippen LogP contribution in [0.3, 0.4) is 0 Å². The van der Waals surface area contributed by atoms with Crippen molar-refractivity contribution in [1.29, 1.82) is 0 Å². The van der Waals surface area contributed by atoms with E-state index in [9.17, 15) is 4.79 Å². The van der Waals surface area contributed by atoms with E-state index in [4.69, 9.17) is 4.52 Å². The fourth-order valence-corrected chi connectivity index (χ4v) is 2.12. The third-order valence-corrected chi connectivity index (χ3v) is 3.40. The molecule has 1 amide bonds. The van der Waals surface area contributed by atoms with Crippen LogP contribution in [0.5, 0.6) is 0 Å². The summed E-state index contributed by atoms with van der Waals surface area (Å²) in [6.45, 7) is 3.25. The fourth-order valence-electron chi connectivity index (χ4n) is 2.12. The first-order chi connectivity index (χ1) is 11.2. The number of carbonyl (C=O) groups excluding carboxylic acids is 1. The quantitative estimate of drug-likeness (QED) is 0.704. The van der Waals surface area contributed by atoms with Gasteiger partial charge in [-0.3, -0.25) is 9.48 Å². The molecular formula is C16H17N5O2. The van der Waals surface area contributed by atoms with Crippen molar-refractivity contribution in [3.8, 4) is 11.3 Å². The number of hydrogen-bond acceptors (Lipinski definition) is 5. The average molecular weight is 311 g/mol. The van der Waals surface area contributed by atoms with Crippen molar-refractivity contribution in [2.75, 3.05) is 6.54 Å². The van der Waals surface area contributed by atoms with Crippen molar-refractivity contribution < 1.29 is 9.32 Å². The van der Waals surface area contributed by atoms with Crippen molar-refractivity contribution in [1.82, 2.24) is 25.5 Å². The van der Waals surface area contributed by atoms with E-state index in [2.05, 4.69) is 20.8 Å². The normalized spacial score (nSPS) is 10.7. The molecule has 7 nitrogen and oxygen atoms in total. The average Bonchev–Trinajstić information content (AvgIpc) is 3.24. The van der Waals surface area contributed by atoms with Crippen molar-refractivity contribution >= 4 is 5.91 Å². The Bertz CT molecular complexity index is 762. The predicted octanol–water partition coefficient (Wildman–Crippen LogP) is 2.06. The second kappa shape index (κ2) is 6.87. The topological polar surface area (TPSA) is 85.8 Å². The summed E-state index contributed by atoms with van der Waals surface area (Å²) in [5.74, 6) is 0.337. The molecule has 0 saturated carbocycles. The van der Waals surface area contributed by atoms with Crippen LogP contribution in [-0.4, -0.2) is 32.6 Å². The third kappa shape index (κ3) is 3.82. The van der Waals surface area contributed by atoms with Gasteiger partial charge in [-0.15, -0.1) is 5.10 Å². The number of nitrogens with zero attached hydrogens (tertiary/aromatic N) is 4. The van der Waals surface area contributed by atoms with Gasteiger partial charge in [0.25, 0.3) is 5.91 Å². The van der Waals surface area contributed by atoms with Gasteiger partial charge >= 0.3 is 0 Å². The minimum absolute atomic E-state index is 0.245. The standard InChI is InChI=1S/C16H17N5O2/c1-12-3-5-13(6-4-12)15-11-14(19-23-15)16(22)17-7-2-9-21-10-8-18-20-21/h3-6,8,10-11H,2,7,9H2,1H3,(H,17,22). The summed E-state index contributed by atoms with van der Waals surface area (Å²) in [7, 11) is 0. The summed E-state index contributed by atoms with van der Waals surface area (Å²) in [6, 6.07) is 9.51. The van der Waals surface area contributed by atoms with Crippen LogP contribution in [0.15, 0.2) is 47.2 Å². The minimum atomic E-state index is -0.245. The highest BCUT2D eigenvalue weighted by Gasteiger charge is 2.13. The zero-order valence-corrected chi connectivity index (χ0v) is 12.8. The van der Waals surface area contributed by atoms with Gasteiger partial charge in [0.2, 0.25) is 0 Å². The van der Waals surface area contributed by atoms with Gasteiger partial charge in [0.1, 0.15) is 0 Å². The molecule has 0 spiro atoms. The Morgan fingerprint density at radius 3 is 2.87 bits per heavy atom. The zero-order chi connectivity index (χ0) is 16.1. The van der Waals surface area contributed by atoms with Gasteiger partial charge in [-0.1, -0.05) is 40.2 Å². The Morgan fingerprint density at radius 2 is 2.13 bits per heavy atom. The van der Waals surface area contributed by atoms with E-state index in [0.29, 0.717) is 18.8 Å². The molecule has 0 unspecified atom stereocenters. The van der Waals surface area contributed by atoms with Gasteiger partial charge in [-0.25, -0.2) is 0 Å². The van der Waals surface area contributed by atoms with E-state index in [-0.39, 0.29) is 11.6 Å². The van der Waals surface area contributed by atoms with E-state index in [1.165, 1.54) is 5.56 Å². The molecule has 1 N–H and O–H groups in total. The molecule has 3 aromatic rings. The monoisotopic (exact) mass is 311 g/mol. The predicted molar refractivity (Wildman–Crippen MR) is 83.6 cm³/mol. The van der Waals surface area contributed by atoms with E-state index in [1.54, 1.807) is 23.1 Å². The van der Waals surface area contributed by atoms with Crippen molar-refractivity contribution in [3.63, 3.8) is 0 Å². The summed E-state index contributed by atoms with van der Waals surface area (Å²) in [5, 5.41) is 14.2. The number of nitrogens with one attached hydrogen (secondary N) is 1. The highest BCUT2D eigenvalue weighted by atomic mass is 16.5. The van der Waals surface area contributed by atoms with Gasteiger partial charge < -0.3 is 9.84 Å². The highest BCUT2D eigenvalue weighted by Crippen LogP contribution is 2.20. The number of rotatable bonds is 6. The lowest BCUT2D eigenvalue weighted by atomic mass is 10.1. The van der Waals surface area contributed by atoms with E-state index >= 15 is 0 Å². The van der Waals surface area contributed by atoms with Crippen LogP contribution < -0.4 is 5.32 Å². The number of aryl methyl sites for hydroxylation is 2. The van der Waals surface area contributed by atoms with Crippen LogP contribution in [0.25, 0.3) is 11.3 Å². The molecule has 2 aromatic heterocycles. The van der Waals surface area contributed by atoms with Gasteiger partial charge in [-0.2, -0.15) is 0 Å². The Labute approximate surface area is 133 Å². The van der Waals surface area contributed by atoms with E-state index in [1.807, 2.05) is 31.2 Å². The van der Waals surface area contributed by atoms with Crippen LogP contribution in [0.4, 0.5) is 0 Å². The Kier molecular flexibility index (Phi) is 4.46. The molecule has 7 heteroatoms. The molecule has 0 radical (unpaired) electrons. The van der Waals surface area contributed by atoms with Crippen molar-refractivity contribution in [2.45, 2.75) is 19.9 Å². The van der Waals surface area contributed by atoms with Gasteiger partial charge in [0.15, 0.2) is 11.5 Å². The summed E-state index contributed by atoms with van der Waals surface area (Å²) in [5.41, 5.74) is 2.34. The zero-order valence-electron chi connectivity index (χ0n) is 12.8. The lowest BCUT2D eigenvalue weighted by molar-refractivity contribution is 0.0943. The molecule has 0 saturated heterocycles. The first kappa shape index (κ1) is 15.0. The number of hydrogen-bond donors (Lipinski definition) is 1. The number of benzene rings is 1. The second-order valence-electron chi connectivity index (χ2n) is 5.22. The maximum atomic E-state index is 12.0. The molecule has 3 rings (SSSR count). The molecule has 23 heavy (non-hydrogen) atoms. The lowest BCUT2D eigenvalue weighted by Crippen LogP contribution is -2.25. The van der Waals surface area contributed by atoms with Crippen LogP contribution in [-0.2, 0) is 6.54 Å². The molecule has 2 heterocycles. The first-order valence-electron chi connectivity index (χ1n) is 7.38. The minimum Gasteiger partial charge on any atom is -0.355 e. The van der Waals surface area contributed by atoms with E-state index in [0.717, 1.165) is 12.0 Å². The summed E-state index contributed by atoms with van der Waals surface area (Å²) >= 11 is 0. The Balaban J connectivity index is 1.52. The number of carbonyl (C=O) groups is 1. The molecule has 0 aliphatic rings. The first-order valence-corrected chi connectivity index (χ1v) is 7.38. The SMILES string of the molecule is Cc1ccc(-c2cc(C(=O)NCCCn3ccnn3)no2)cc1. The third-order valence-electron chi connectivity index (χ3n) is 3.40. The van der Waals surface area contributed by atoms with Crippen molar-refractivity contribution in [2.24, 2.45) is 0 Å². The molecule has 1 aromatic carbocycles. The Hall–Kier alpha value is -2.96. The molecule has 0 aliphatic heterocycles.